The number of aliphatic imine (C=N–C) groups is 1. The molecule has 0 radical (unpaired) electrons. The minimum Gasteiger partial charge on any atom is -0.434 e. The molecule has 0 spiro atoms. The van der Waals surface area contributed by atoms with Gasteiger partial charge in [0.05, 0.1) is 0 Å². The molecule has 0 bridgehead atoms. The standard InChI is InChI=1S/C17H19BrF2N4O.HI/c1-21-17(23-9-7-14-4-2-3-8-22-14)24-11-12-10-13(18)5-6-15(12)25-16(19)20;/h2-6,8,10,16H,7,9,11H2,1H3,(H2,21,23,24);1H. The maximum Gasteiger partial charge on any atom is 0.387 e. The van der Waals surface area contributed by atoms with Crippen molar-refractivity contribution in [1.29, 1.82) is 0 Å². The summed E-state index contributed by atoms with van der Waals surface area (Å²) in [5.41, 5.74) is 1.58. The average molecular weight is 541 g/mol. The van der Waals surface area contributed by atoms with Gasteiger partial charge in [-0.2, -0.15) is 8.78 Å². The van der Waals surface area contributed by atoms with Gasteiger partial charge in [0.15, 0.2) is 5.96 Å². The Morgan fingerprint density at radius 2 is 2.08 bits per heavy atom. The summed E-state index contributed by atoms with van der Waals surface area (Å²) in [5.74, 6) is 0.702. The van der Waals surface area contributed by atoms with Crippen molar-refractivity contribution in [1.82, 2.24) is 15.6 Å². The van der Waals surface area contributed by atoms with Gasteiger partial charge in [-0.15, -0.1) is 24.0 Å². The lowest BCUT2D eigenvalue weighted by atomic mass is 10.2. The van der Waals surface area contributed by atoms with E-state index < -0.39 is 6.61 Å². The van der Waals surface area contributed by atoms with Crippen molar-refractivity contribution in [2.24, 2.45) is 4.99 Å². The Hall–Kier alpha value is -1.49. The maximum absolute atomic E-state index is 12.5. The molecule has 0 saturated heterocycles. The highest BCUT2D eigenvalue weighted by molar-refractivity contribution is 14.0. The molecule has 5 nitrogen and oxygen atoms in total. The first-order valence-electron chi connectivity index (χ1n) is 7.66. The Labute approximate surface area is 176 Å². The van der Waals surface area contributed by atoms with Gasteiger partial charge in [0.1, 0.15) is 5.75 Å². The van der Waals surface area contributed by atoms with Gasteiger partial charge in [0.25, 0.3) is 0 Å². The van der Waals surface area contributed by atoms with E-state index in [4.69, 9.17) is 0 Å². The minimum absolute atomic E-state index is 0. The summed E-state index contributed by atoms with van der Waals surface area (Å²) in [6.07, 6.45) is 2.50. The molecular weight excluding hydrogens is 521 g/mol. The van der Waals surface area contributed by atoms with Gasteiger partial charge < -0.3 is 15.4 Å². The van der Waals surface area contributed by atoms with Gasteiger partial charge in [-0.05, 0) is 30.3 Å². The van der Waals surface area contributed by atoms with Crippen molar-refractivity contribution < 1.29 is 13.5 Å². The Balaban J connectivity index is 0.00000338. The molecule has 1 heterocycles. The van der Waals surface area contributed by atoms with Gasteiger partial charge >= 0.3 is 6.61 Å². The summed E-state index contributed by atoms with van der Waals surface area (Å²) in [6, 6.07) is 10.6. The van der Waals surface area contributed by atoms with Gasteiger partial charge in [0, 0.05) is 48.5 Å². The van der Waals surface area contributed by atoms with Crippen LogP contribution in [0.5, 0.6) is 5.75 Å². The van der Waals surface area contributed by atoms with E-state index in [0.717, 1.165) is 16.6 Å². The lowest BCUT2D eigenvalue weighted by Crippen LogP contribution is -2.38. The van der Waals surface area contributed by atoms with E-state index in [9.17, 15) is 8.78 Å². The Morgan fingerprint density at radius 3 is 2.73 bits per heavy atom. The molecule has 1 aromatic heterocycles. The fraction of sp³-hybridized carbons (Fsp3) is 0.294. The van der Waals surface area contributed by atoms with Crippen molar-refractivity contribution in [2.75, 3.05) is 13.6 Å². The molecule has 0 aliphatic rings. The molecule has 0 aliphatic carbocycles. The molecular formula is C17H20BrF2IN4O. The van der Waals surface area contributed by atoms with Gasteiger partial charge in [0.2, 0.25) is 0 Å². The highest BCUT2D eigenvalue weighted by atomic mass is 127. The summed E-state index contributed by atoms with van der Waals surface area (Å²) in [4.78, 5) is 8.37. The van der Waals surface area contributed by atoms with Gasteiger partial charge in [-0.25, -0.2) is 0 Å². The molecule has 26 heavy (non-hydrogen) atoms. The van der Waals surface area contributed by atoms with Crippen molar-refractivity contribution >= 4 is 45.9 Å². The van der Waals surface area contributed by atoms with Crippen LogP contribution in [0.2, 0.25) is 0 Å². The number of nitrogens with zero attached hydrogens (tertiary/aromatic N) is 2. The molecule has 9 heteroatoms. The van der Waals surface area contributed by atoms with Crippen LogP contribution < -0.4 is 15.4 Å². The number of hydrogen-bond donors (Lipinski definition) is 2. The number of guanidine groups is 1. The second-order valence-corrected chi connectivity index (χ2v) is 5.97. The zero-order valence-corrected chi connectivity index (χ0v) is 18.0. The molecule has 0 unspecified atom stereocenters. The van der Waals surface area contributed by atoms with Crippen LogP contribution in [-0.2, 0) is 13.0 Å². The Morgan fingerprint density at radius 1 is 1.27 bits per heavy atom. The van der Waals surface area contributed by atoms with Crippen LogP contribution in [0.15, 0.2) is 52.1 Å². The number of ether oxygens (including phenoxy) is 1. The third kappa shape index (κ3) is 7.81. The number of pyridine rings is 1. The zero-order valence-electron chi connectivity index (χ0n) is 14.1. The Bertz CT molecular complexity index is 704. The predicted octanol–water partition coefficient (Wildman–Crippen LogP) is 3.97. The normalized spacial score (nSPS) is 11.0. The fourth-order valence-electron chi connectivity index (χ4n) is 2.15. The second-order valence-electron chi connectivity index (χ2n) is 5.05. The van der Waals surface area contributed by atoms with Crippen LogP contribution in [0.3, 0.4) is 0 Å². The summed E-state index contributed by atoms with van der Waals surface area (Å²) >= 11 is 3.33. The summed E-state index contributed by atoms with van der Waals surface area (Å²) < 4.78 is 30.3. The molecule has 0 atom stereocenters. The van der Waals surface area contributed by atoms with Crippen LogP contribution in [0, 0.1) is 0 Å². The summed E-state index contributed by atoms with van der Waals surface area (Å²) in [6.45, 7) is -1.92. The number of halogens is 4. The highest BCUT2D eigenvalue weighted by Gasteiger charge is 2.10. The lowest BCUT2D eigenvalue weighted by molar-refractivity contribution is -0.0504. The van der Waals surface area contributed by atoms with E-state index in [1.54, 1.807) is 25.4 Å². The highest BCUT2D eigenvalue weighted by Crippen LogP contribution is 2.24. The number of rotatable bonds is 7. The van der Waals surface area contributed by atoms with E-state index >= 15 is 0 Å². The summed E-state index contributed by atoms with van der Waals surface area (Å²) in [5, 5.41) is 6.25. The van der Waals surface area contributed by atoms with Crippen LogP contribution >= 0.6 is 39.9 Å². The van der Waals surface area contributed by atoms with Crippen molar-refractivity contribution in [3.63, 3.8) is 0 Å². The third-order valence-electron chi connectivity index (χ3n) is 3.31. The molecule has 0 saturated carbocycles. The average Bonchev–Trinajstić information content (AvgIpc) is 2.60. The first kappa shape index (κ1) is 22.6. The number of hydrogen-bond acceptors (Lipinski definition) is 3. The van der Waals surface area contributed by atoms with E-state index in [-0.39, 0.29) is 29.7 Å². The van der Waals surface area contributed by atoms with Gasteiger partial charge in [-0.3, -0.25) is 9.98 Å². The maximum atomic E-state index is 12.5. The largest absolute Gasteiger partial charge is 0.434 e. The molecule has 0 aliphatic heterocycles. The molecule has 0 amide bonds. The minimum atomic E-state index is -2.87. The van der Waals surface area contributed by atoms with E-state index in [1.165, 1.54) is 6.07 Å². The Kier molecular flexibility index (Phi) is 10.4. The summed E-state index contributed by atoms with van der Waals surface area (Å²) in [7, 11) is 1.65. The molecule has 142 valence electrons. The predicted molar refractivity (Wildman–Crippen MR) is 112 cm³/mol. The van der Waals surface area contributed by atoms with Crippen molar-refractivity contribution in [2.45, 2.75) is 19.6 Å². The molecule has 2 rings (SSSR count). The molecule has 2 aromatic rings. The second kappa shape index (κ2) is 12.0. The molecule has 1 aromatic carbocycles. The number of aromatic nitrogens is 1. The van der Waals surface area contributed by atoms with Crippen molar-refractivity contribution in [3.8, 4) is 5.75 Å². The molecule has 0 fully saturated rings. The lowest BCUT2D eigenvalue weighted by Gasteiger charge is -2.15. The first-order valence-corrected chi connectivity index (χ1v) is 8.45. The fourth-order valence-corrected chi connectivity index (χ4v) is 2.56. The van der Waals surface area contributed by atoms with E-state index in [0.29, 0.717) is 24.6 Å². The SMILES string of the molecule is CN=C(NCCc1ccccn1)NCc1cc(Br)ccc1OC(F)F.I. The first-order chi connectivity index (χ1) is 12.1. The van der Waals surface area contributed by atoms with Crippen LogP contribution in [-0.4, -0.2) is 31.1 Å². The topological polar surface area (TPSA) is 58.5 Å². The molecule has 2 N–H and O–H groups in total. The zero-order chi connectivity index (χ0) is 18.1. The number of nitrogens with one attached hydrogen (secondary N) is 2. The smallest absolute Gasteiger partial charge is 0.387 e. The number of benzene rings is 1. The quantitative estimate of drug-likeness (QED) is 0.317. The van der Waals surface area contributed by atoms with Crippen molar-refractivity contribution in [3.05, 3.63) is 58.3 Å². The van der Waals surface area contributed by atoms with Crippen LogP contribution in [0.4, 0.5) is 8.78 Å². The van der Waals surface area contributed by atoms with Gasteiger partial charge in [-0.1, -0.05) is 22.0 Å². The number of alkyl halides is 2. The third-order valence-corrected chi connectivity index (χ3v) is 3.80. The van der Waals surface area contributed by atoms with E-state index in [1.807, 2.05) is 18.2 Å². The van der Waals surface area contributed by atoms with E-state index in [2.05, 4.69) is 41.3 Å². The van der Waals surface area contributed by atoms with Crippen LogP contribution in [0.25, 0.3) is 0 Å². The van der Waals surface area contributed by atoms with Crippen LogP contribution in [0.1, 0.15) is 11.3 Å². The monoisotopic (exact) mass is 540 g/mol.